The lowest BCUT2D eigenvalue weighted by Crippen LogP contribution is -2.14. The molecule has 9 heteroatoms. The quantitative estimate of drug-likeness (QED) is 0.692. The lowest BCUT2D eigenvalue weighted by molar-refractivity contribution is -0.113. The first-order valence-corrected chi connectivity index (χ1v) is 7.38. The Hall–Kier alpha value is -2.68. The van der Waals surface area contributed by atoms with E-state index in [4.69, 9.17) is 4.52 Å². The summed E-state index contributed by atoms with van der Waals surface area (Å²) in [5, 5.41) is 13.7. The third-order valence-electron chi connectivity index (χ3n) is 2.65. The number of pyridine rings is 1. The van der Waals surface area contributed by atoms with E-state index in [0.717, 1.165) is 5.56 Å². The molecular weight excluding hydrogens is 304 g/mol. The third-order valence-corrected chi connectivity index (χ3v) is 3.49. The Bertz CT molecular complexity index is 770. The molecule has 0 aromatic carbocycles. The van der Waals surface area contributed by atoms with Crippen molar-refractivity contribution in [3.05, 3.63) is 36.4 Å². The molecule has 0 unspecified atom stereocenters. The predicted octanol–water partition coefficient (Wildman–Crippen LogP) is 1.89. The summed E-state index contributed by atoms with van der Waals surface area (Å²) in [6.45, 7) is 1.76. The minimum absolute atomic E-state index is 0.180. The second-order valence-corrected chi connectivity index (χ2v) is 5.30. The van der Waals surface area contributed by atoms with Gasteiger partial charge in [0.1, 0.15) is 5.76 Å². The van der Waals surface area contributed by atoms with Gasteiger partial charge in [0.2, 0.25) is 11.1 Å². The van der Waals surface area contributed by atoms with E-state index in [1.165, 1.54) is 11.8 Å². The first-order chi connectivity index (χ1) is 10.7. The maximum atomic E-state index is 11.8. The van der Waals surface area contributed by atoms with Crippen LogP contribution in [0, 0.1) is 6.92 Å². The highest BCUT2D eigenvalue weighted by Crippen LogP contribution is 2.18. The fourth-order valence-electron chi connectivity index (χ4n) is 1.68. The Labute approximate surface area is 129 Å². The number of hydrogen-bond acceptors (Lipinski definition) is 7. The zero-order chi connectivity index (χ0) is 15.4. The molecular formula is C13H12N6O2S. The molecule has 0 spiro atoms. The van der Waals surface area contributed by atoms with E-state index in [1.807, 2.05) is 12.1 Å². The Kier molecular flexibility index (Phi) is 4.15. The molecule has 3 aromatic heterocycles. The van der Waals surface area contributed by atoms with Crippen LogP contribution in [-0.4, -0.2) is 37.0 Å². The van der Waals surface area contributed by atoms with Gasteiger partial charge in [0.15, 0.2) is 11.6 Å². The van der Waals surface area contributed by atoms with Gasteiger partial charge in [0.05, 0.1) is 5.75 Å². The summed E-state index contributed by atoms with van der Waals surface area (Å²) >= 11 is 1.23. The van der Waals surface area contributed by atoms with Crippen LogP contribution in [-0.2, 0) is 4.79 Å². The molecule has 3 aromatic rings. The van der Waals surface area contributed by atoms with Crippen LogP contribution in [0.25, 0.3) is 11.4 Å². The van der Waals surface area contributed by atoms with Crippen LogP contribution in [0.15, 0.2) is 40.3 Å². The topological polar surface area (TPSA) is 110 Å². The van der Waals surface area contributed by atoms with Crippen LogP contribution in [0.4, 0.5) is 5.82 Å². The molecule has 0 saturated carbocycles. The summed E-state index contributed by atoms with van der Waals surface area (Å²) in [5.74, 6) is 1.65. The molecule has 0 aliphatic heterocycles. The highest BCUT2D eigenvalue weighted by Gasteiger charge is 2.10. The van der Waals surface area contributed by atoms with Gasteiger partial charge in [-0.05, 0) is 19.1 Å². The molecule has 8 nitrogen and oxygen atoms in total. The molecule has 0 fully saturated rings. The normalized spacial score (nSPS) is 10.6. The number of aromatic amines is 1. The number of aromatic nitrogens is 5. The van der Waals surface area contributed by atoms with Gasteiger partial charge in [-0.2, -0.15) is 0 Å². The Morgan fingerprint density at radius 3 is 2.95 bits per heavy atom. The number of carbonyl (C=O) groups is 1. The first-order valence-electron chi connectivity index (χ1n) is 6.39. The number of rotatable bonds is 5. The van der Waals surface area contributed by atoms with Crippen molar-refractivity contribution in [1.82, 2.24) is 25.3 Å². The second-order valence-electron chi connectivity index (χ2n) is 4.36. The van der Waals surface area contributed by atoms with Gasteiger partial charge in [-0.25, -0.2) is 4.98 Å². The SMILES string of the molecule is Cc1cc(NC(=O)CSc2n[nH]c(-c3ccncc3)n2)no1. The number of thioether (sulfide) groups is 1. The number of aryl methyl sites for hydroxylation is 1. The van der Waals surface area contributed by atoms with Crippen molar-refractivity contribution in [2.75, 3.05) is 11.1 Å². The number of amides is 1. The van der Waals surface area contributed by atoms with E-state index in [9.17, 15) is 4.79 Å². The fourth-order valence-corrected chi connectivity index (χ4v) is 2.28. The zero-order valence-corrected chi connectivity index (χ0v) is 12.4. The lowest BCUT2D eigenvalue weighted by Gasteiger charge is -1.98. The van der Waals surface area contributed by atoms with E-state index in [-0.39, 0.29) is 11.7 Å². The van der Waals surface area contributed by atoms with Crippen LogP contribution >= 0.6 is 11.8 Å². The fraction of sp³-hybridized carbons (Fsp3) is 0.154. The second kappa shape index (κ2) is 6.39. The summed E-state index contributed by atoms with van der Waals surface area (Å²) in [5.41, 5.74) is 0.886. The standard InChI is InChI=1S/C13H12N6O2S/c1-8-6-10(19-21-8)15-11(20)7-22-13-16-12(17-18-13)9-2-4-14-5-3-9/h2-6H,7H2,1H3,(H,15,19,20)(H,16,17,18). The van der Waals surface area contributed by atoms with Crippen molar-refractivity contribution in [1.29, 1.82) is 0 Å². The Morgan fingerprint density at radius 1 is 1.41 bits per heavy atom. The zero-order valence-electron chi connectivity index (χ0n) is 11.6. The number of anilines is 1. The van der Waals surface area contributed by atoms with E-state index in [0.29, 0.717) is 22.6 Å². The third kappa shape index (κ3) is 3.50. The molecule has 3 heterocycles. The molecule has 0 atom stereocenters. The van der Waals surface area contributed by atoms with E-state index in [2.05, 4.69) is 30.6 Å². The minimum Gasteiger partial charge on any atom is -0.360 e. The highest BCUT2D eigenvalue weighted by molar-refractivity contribution is 7.99. The van der Waals surface area contributed by atoms with Gasteiger partial charge < -0.3 is 9.84 Å². The van der Waals surface area contributed by atoms with Crippen molar-refractivity contribution >= 4 is 23.5 Å². The smallest absolute Gasteiger partial charge is 0.236 e. The molecule has 0 bridgehead atoms. The number of nitrogens with one attached hydrogen (secondary N) is 2. The number of H-pyrrole nitrogens is 1. The number of carbonyl (C=O) groups excluding carboxylic acids is 1. The van der Waals surface area contributed by atoms with Crippen LogP contribution < -0.4 is 5.32 Å². The molecule has 0 aliphatic carbocycles. The highest BCUT2D eigenvalue weighted by atomic mass is 32.2. The molecule has 0 saturated heterocycles. The van der Waals surface area contributed by atoms with Crippen LogP contribution in [0.1, 0.15) is 5.76 Å². The van der Waals surface area contributed by atoms with Gasteiger partial charge in [-0.15, -0.1) is 5.10 Å². The molecule has 3 rings (SSSR count). The summed E-state index contributed by atoms with van der Waals surface area (Å²) in [6.07, 6.45) is 3.36. The first kappa shape index (κ1) is 14.3. The van der Waals surface area contributed by atoms with Crippen LogP contribution in [0.2, 0.25) is 0 Å². The predicted molar refractivity (Wildman–Crippen MR) is 80.2 cm³/mol. The minimum atomic E-state index is -0.200. The molecule has 112 valence electrons. The summed E-state index contributed by atoms with van der Waals surface area (Å²) in [6, 6.07) is 5.31. The lowest BCUT2D eigenvalue weighted by atomic mass is 10.3. The molecule has 2 N–H and O–H groups in total. The van der Waals surface area contributed by atoms with E-state index >= 15 is 0 Å². The monoisotopic (exact) mass is 316 g/mol. The van der Waals surface area contributed by atoms with Crippen molar-refractivity contribution in [3.63, 3.8) is 0 Å². The van der Waals surface area contributed by atoms with E-state index < -0.39 is 0 Å². The summed E-state index contributed by atoms with van der Waals surface area (Å²) < 4.78 is 4.87. The Balaban J connectivity index is 1.56. The average molecular weight is 316 g/mol. The maximum Gasteiger partial charge on any atom is 0.236 e. The Morgan fingerprint density at radius 2 is 2.23 bits per heavy atom. The summed E-state index contributed by atoms with van der Waals surface area (Å²) in [7, 11) is 0. The molecule has 22 heavy (non-hydrogen) atoms. The van der Waals surface area contributed by atoms with Crippen molar-refractivity contribution in [3.8, 4) is 11.4 Å². The van der Waals surface area contributed by atoms with Gasteiger partial charge >= 0.3 is 0 Å². The van der Waals surface area contributed by atoms with Crippen molar-refractivity contribution < 1.29 is 9.32 Å². The van der Waals surface area contributed by atoms with Crippen LogP contribution in [0.5, 0.6) is 0 Å². The van der Waals surface area contributed by atoms with Gasteiger partial charge in [-0.3, -0.25) is 14.9 Å². The summed E-state index contributed by atoms with van der Waals surface area (Å²) in [4.78, 5) is 20.0. The van der Waals surface area contributed by atoms with Gasteiger partial charge in [0.25, 0.3) is 0 Å². The average Bonchev–Trinajstić information content (AvgIpc) is 3.15. The van der Waals surface area contributed by atoms with E-state index in [1.54, 1.807) is 25.4 Å². The van der Waals surface area contributed by atoms with Gasteiger partial charge in [-0.1, -0.05) is 16.9 Å². The molecule has 0 aliphatic rings. The van der Waals surface area contributed by atoms with Crippen LogP contribution in [0.3, 0.4) is 0 Å². The number of hydrogen-bond donors (Lipinski definition) is 2. The number of nitrogens with zero attached hydrogens (tertiary/aromatic N) is 4. The largest absolute Gasteiger partial charge is 0.360 e. The van der Waals surface area contributed by atoms with Crippen molar-refractivity contribution in [2.24, 2.45) is 0 Å². The van der Waals surface area contributed by atoms with Gasteiger partial charge in [0, 0.05) is 24.0 Å². The molecule has 1 amide bonds. The van der Waals surface area contributed by atoms with Crippen molar-refractivity contribution in [2.45, 2.75) is 12.1 Å². The molecule has 0 radical (unpaired) electrons. The maximum absolute atomic E-state index is 11.8.